The highest BCUT2D eigenvalue weighted by molar-refractivity contribution is 5.90. The fourth-order valence-corrected chi connectivity index (χ4v) is 2.94. The molecule has 0 aliphatic heterocycles. The van der Waals surface area contributed by atoms with Crippen molar-refractivity contribution >= 4 is 17.4 Å². The van der Waals surface area contributed by atoms with Gasteiger partial charge in [0.15, 0.2) is 0 Å². The van der Waals surface area contributed by atoms with Crippen molar-refractivity contribution in [2.45, 2.75) is 32.9 Å². The van der Waals surface area contributed by atoms with Crippen LogP contribution in [0.15, 0.2) is 79.0 Å². The van der Waals surface area contributed by atoms with Gasteiger partial charge in [-0.3, -0.25) is 4.79 Å². The standard InChI is InChI=1S/C24H27N3O2/c1-19(2)27(18-20-9-5-3-6-10-20)23-14-13-21(17-25-23)26-24(28)15-16-29-22-11-7-4-8-12-22/h3-14,17,19H,15-16,18H2,1-2H3,(H,26,28). The molecule has 0 aliphatic rings. The summed E-state index contributed by atoms with van der Waals surface area (Å²) in [4.78, 5) is 18.9. The predicted octanol–water partition coefficient (Wildman–Crippen LogP) is 4.90. The van der Waals surface area contributed by atoms with E-state index in [1.54, 1.807) is 6.20 Å². The topological polar surface area (TPSA) is 54.5 Å². The van der Waals surface area contributed by atoms with Gasteiger partial charge in [0, 0.05) is 12.6 Å². The van der Waals surface area contributed by atoms with Crippen LogP contribution in [0.4, 0.5) is 11.5 Å². The zero-order valence-corrected chi connectivity index (χ0v) is 16.9. The van der Waals surface area contributed by atoms with E-state index < -0.39 is 0 Å². The number of ether oxygens (including phenoxy) is 1. The molecule has 3 aromatic rings. The predicted molar refractivity (Wildman–Crippen MR) is 117 cm³/mol. The number of carbonyl (C=O) groups is 1. The summed E-state index contributed by atoms with van der Waals surface area (Å²) in [5.41, 5.74) is 1.92. The van der Waals surface area contributed by atoms with Crippen molar-refractivity contribution in [2.24, 2.45) is 0 Å². The fourth-order valence-electron chi connectivity index (χ4n) is 2.94. The van der Waals surface area contributed by atoms with Crippen LogP contribution in [-0.4, -0.2) is 23.5 Å². The fraction of sp³-hybridized carbons (Fsp3) is 0.250. The molecule has 0 saturated carbocycles. The summed E-state index contributed by atoms with van der Waals surface area (Å²) >= 11 is 0. The van der Waals surface area contributed by atoms with Crippen LogP contribution in [0.1, 0.15) is 25.8 Å². The number of rotatable bonds is 9. The first-order valence-electron chi connectivity index (χ1n) is 9.86. The molecule has 0 atom stereocenters. The van der Waals surface area contributed by atoms with Crippen LogP contribution in [0.25, 0.3) is 0 Å². The van der Waals surface area contributed by atoms with Crippen molar-refractivity contribution in [3.05, 3.63) is 84.6 Å². The minimum atomic E-state index is -0.0968. The molecule has 0 fully saturated rings. The molecular formula is C24H27N3O2. The number of carbonyl (C=O) groups excluding carboxylic acids is 1. The van der Waals surface area contributed by atoms with E-state index >= 15 is 0 Å². The number of pyridine rings is 1. The molecular weight excluding hydrogens is 362 g/mol. The maximum atomic E-state index is 12.1. The van der Waals surface area contributed by atoms with Gasteiger partial charge in [-0.05, 0) is 43.7 Å². The van der Waals surface area contributed by atoms with Gasteiger partial charge in [0.25, 0.3) is 0 Å². The van der Waals surface area contributed by atoms with Gasteiger partial charge >= 0.3 is 0 Å². The van der Waals surface area contributed by atoms with Crippen LogP contribution in [0.3, 0.4) is 0 Å². The molecule has 150 valence electrons. The maximum absolute atomic E-state index is 12.1. The summed E-state index contributed by atoms with van der Waals surface area (Å²) in [5, 5.41) is 2.87. The van der Waals surface area contributed by atoms with E-state index in [0.29, 0.717) is 18.3 Å². The number of hydrogen-bond acceptors (Lipinski definition) is 4. The van der Waals surface area contributed by atoms with Gasteiger partial charge in [0.1, 0.15) is 11.6 Å². The molecule has 1 amide bonds. The average molecular weight is 389 g/mol. The van der Waals surface area contributed by atoms with Crippen molar-refractivity contribution in [3.8, 4) is 5.75 Å². The van der Waals surface area contributed by atoms with Gasteiger partial charge in [-0.2, -0.15) is 0 Å². The third-order valence-corrected chi connectivity index (χ3v) is 4.49. The van der Waals surface area contributed by atoms with Crippen LogP contribution in [0, 0.1) is 0 Å². The Morgan fingerprint density at radius 2 is 1.69 bits per heavy atom. The Balaban J connectivity index is 1.53. The van der Waals surface area contributed by atoms with Gasteiger partial charge in [0.05, 0.1) is 24.9 Å². The highest BCUT2D eigenvalue weighted by Gasteiger charge is 2.13. The lowest BCUT2D eigenvalue weighted by Gasteiger charge is -2.28. The van der Waals surface area contributed by atoms with Crippen LogP contribution in [-0.2, 0) is 11.3 Å². The van der Waals surface area contributed by atoms with Crippen LogP contribution >= 0.6 is 0 Å². The zero-order chi connectivity index (χ0) is 20.5. The van der Waals surface area contributed by atoms with E-state index in [1.807, 2.05) is 60.7 Å². The quantitative estimate of drug-likeness (QED) is 0.565. The molecule has 0 spiro atoms. The van der Waals surface area contributed by atoms with E-state index in [1.165, 1.54) is 5.56 Å². The molecule has 0 bridgehead atoms. The van der Waals surface area contributed by atoms with Crippen molar-refractivity contribution in [3.63, 3.8) is 0 Å². The minimum Gasteiger partial charge on any atom is -0.493 e. The van der Waals surface area contributed by atoms with Crippen molar-refractivity contribution in [2.75, 3.05) is 16.8 Å². The van der Waals surface area contributed by atoms with E-state index in [-0.39, 0.29) is 12.3 Å². The summed E-state index contributed by atoms with van der Waals surface area (Å²) in [6, 6.07) is 23.9. The molecule has 1 heterocycles. The molecule has 5 heteroatoms. The number of benzene rings is 2. The van der Waals surface area contributed by atoms with Crippen molar-refractivity contribution in [1.29, 1.82) is 0 Å². The Hall–Kier alpha value is -3.34. The van der Waals surface area contributed by atoms with Crippen molar-refractivity contribution < 1.29 is 9.53 Å². The van der Waals surface area contributed by atoms with Gasteiger partial charge < -0.3 is 15.0 Å². The van der Waals surface area contributed by atoms with E-state index in [0.717, 1.165) is 18.1 Å². The highest BCUT2D eigenvalue weighted by Crippen LogP contribution is 2.19. The average Bonchev–Trinajstić information content (AvgIpc) is 2.74. The smallest absolute Gasteiger partial charge is 0.227 e. The number of anilines is 2. The number of para-hydroxylation sites is 1. The lowest BCUT2D eigenvalue weighted by molar-refractivity contribution is -0.116. The number of nitrogens with zero attached hydrogens (tertiary/aromatic N) is 2. The van der Waals surface area contributed by atoms with Crippen LogP contribution in [0.5, 0.6) is 5.75 Å². The second kappa shape index (κ2) is 10.3. The molecule has 5 nitrogen and oxygen atoms in total. The SMILES string of the molecule is CC(C)N(Cc1ccccc1)c1ccc(NC(=O)CCOc2ccccc2)cn1. The first-order valence-corrected chi connectivity index (χ1v) is 9.86. The molecule has 0 radical (unpaired) electrons. The number of nitrogens with one attached hydrogen (secondary N) is 1. The second-order valence-corrected chi connectivity index (χ2v) is 7.07. The van der Waals surface area contributed by atoms with Crippen LogP contribution in [0.2, 0.25) is 0 Å². The highest BCUT2D eigenvalue weighted by atomic mass is 16.5. The summed E-state index contributed by atoms with van der Waals surface area (Å²) in [6.07, 6.45) is 1.98. The Labute approximate surface area is 172 Å². The first kappa shape index (κ1) is 20.4. The first-order chi connectivity index (χ1) is 14.1. The summed E-state index contributed by atoms with van der Waals surface area (Å²) in [6.45, 7) is 5.41. The van der Waals surface area contributed by atoms with E-state index in [2.05, 4.69) is 41.2 Å². The summed E-state index contributed by atoms with van der Waals surface area (Å²) in [7, 11) is 0. The van der Waals surface area contributed by atoms with Gasteiger partial charge in [-0.15, -0.1) is 0 Å². The third-order valence-electron chi connectivity index (χ3n) is 4.49. The van der Waals surface area contributed by atoms with E-state index in [9.17, 15) is 4.79 Å². The number of aromatic nitrogens is 1. The summed E-state index contributed by atoms with van der Waals surface area (Å²) in [5.74, 6) is 1.55. The normalized spacial score (nSPS) is 10.6. The second-order valence-electron chi connectivity index (χ2n) is 7.07. The molecule has 0 saturated heterocycles. The molecule has 3 rings (SSSR count). The third kappa shape index (κ3) is 6.35. The Bertz CT molecular complexity index is 881. The number of amides is 1. The molecule has 1 N–H and O–H groups in total. The monoisotopic (exact) mass is 389 g/mol. The van der Waals surface area contributed by atoms with Gasteiger partial charge in [-0.25, -0.2) is 4.98 Å². The lowest BCUT2D eigenvalue weighted by Crippen LogP contribution is -2.30. The molecule has 0 unspecified atom stereocenters. The molecule has 1 aromatic heterocycles. The molecule has 29 heavy (non-hydrogen) atoms. The lowest BCUT2D eigenvalue weighted by atomic mass is 10.2. The van der Waals surface area contributed by atoms with Crippen molar-refractivity contribution in [1.82, 2.24) is 4.98 Å². The maximum Gasteiger partial charge on any atom is 0.227 e. The zero-order valence-electron chi connectivity index (χ0n) is 16.9. The van der Waals surface area contributed by atoms with Crippen LogP contribution < -0.4 is 15.0 Å². The number of hydrogen-bond donors (Lipinski definition) is 1. The van der Waals surface area contributed by atoms with Gasteiger partial charge in [0.2, 0.25) is 5.91 Å². The Kier molecular flexibility index (Phi) is 7.22. The van der Waals surface area contributed by atoms with Gasteiger partial charge in [-0.1, -0.05) is 48.5 Å². The minimum absolute atomic E-state index is 0.0968. The Morgan fingerprint density at radius 3 is 2.31 bits per heavy atom. The largest absolute Gasteiger partial charge is 0.493 e. The molecule has 0 aliphatic carbocycles. The summed E-state index contributed by atoms with van der Waals surface area (Å²) < 4.78 is 5.56. The molecule has 2 aromatic carbocycles. The van der Waals surface area contributed by atoms with E-state index in [4.69, 9.17) is 4.74 Å². The Morgan fingerprint density at radius 1 is 1.00 bits per heavy atom.